The molecule has 0 fully saturated rings. The maximum absolute atomic E-state index is 11.7. The Hall–Kier alpha value is -1.59. The third-order valence-corrected chi connectivity index (χ3v) is 2.42. The molecule has 5 nitrogen and oxygen atoms in total. The zero-order chi connectivity index (χ0) is 12.5. The maximum atomic E-state index is 11.7. The van der Waals surface area contributed by atoms with E-state index < -0.39 is 18.0 Å². The Morgan fingerprint density at radius 2 is 2.00 bits per heavy atom. The van der Waals surface area contributed by atoms with Crippen molar-refractivity contribution in [2.45, 2.75) is 32.5 Å². The summed E-state index contributed by atoms with van der Waals surface area (Å²) in [6.07, 6.45) is 2.37. The molecule has 1 aliphatic heterocycles. The van der Waals surface area contributed by atoms with Gasteiger partial charge in [0.25, 0.3) is 0 Å². The molecule has 1 aromatic rings. The second-order valence-electron chi connectivity index (χ2n) is 4.33. The van der Waals surface area contributed by atoms with Crippen LogP contribution >= 0.6 is 0 Å². The summed E-state index contributed by atoms with van der Waals surface area (Å²) in [7, 11) is 0. The first-order valence-corrected chi connectivity index (χ1v) is 5.37. The molecule has 1 N–H and O–H groups in total. The number of aliphatic hydroxyl groups is 1. The molecule has 0 bridgehead atoms. The Bertz CT molecular complexity index is 427. The summed E-state index contributed by atoms with van der Waals surface area (Å²) in [6, 6.07) is 5.55. The van der Waals surface area contributed by atoms with Crippen molar-refractivity contribution in [1.29, 1.82) is 0 Å². The SMILES string of the molecule is CC1(C)OC([O-])=C(C[n+]2ccccc2)C(O)O1. The zero-order valence-corrected chi connectivity index (χ0v) is 9.79. The lowest BCUT2D eigenvalue weighted by Crippen LogP contribution is -2.46. The Balaban J connectivity index is 2.21. The minimum Gasteiger partial charge on any atom is -0.583 e. The second-order valence-corrected chi connectivity index (χ2v) is 4.33. The van der Waals surface area contributed by atoms with Crippen LogP contribution in [0, 0.1) is 0 Å². The molecule has 0 saturated heterocycles. The van der Waals surface area contributed by atoms with Gasteiger partial charge in [-0.15, -0.1) is 0 Å². The molecule has 0 radical (unpaired) electrons. The van der Waals surface area contributed by atoms with Crippen LogP contribution in [0.5, 0.6) is 0 Å². The van der Waals surface area contributed by atoms with Crippen LogP contribution in [-0.2, 0) is 16.0 Å². The van der Waals surface area contributed by atoms with Crippen molar-refractivity contribution in [1.82, 2.24) is 0 Å². The molecular weight excluding hydrogens is 222 g/mol. The summed E-state index contributed by atoms with van der Waals surface area (Å²) < 4.78 is 12.0. The number of pyridine rings is 1. The van der Waals surface area contributed by atoms with Crippen LogP contribution in [0.4, 0.5) is 0 Å². The summed E-state index contributed by atoms with van der Waals surface area (Å²) >= 11 is 0. The normalized spacial score (nSPS) is 23.4. The van der Waals surface area contributed by atoms with Gasteiger partial charge < -0.3 is 19.7 Å². The van der Waals surface area contributed by atoms with Crippen LogP contribution in [0.15, 0.2) is 42.1 Å². The van der Waals surface area contributed by atoms with Gasteiger partial charge in [-0.05, 0) is 13.8 Å². The molecule has 5 heteroatoms. The summed E-state index contributed by atoms with van der Waals surface area (Å²) in [6.45, 7) is 3.41. The summed E-state index contributed by atoms with van der Waals surface area (Å²) in [4.78, 5) is 0. The van der Waals surface area contributed by atoms with Crippen molar-refractivity contribution in [3.63, 3.8) is 0 Å². The smallest absolute Gasteiger partial charge is 0.187 e. The van der Waals surface area contributed by atoms with E-state index in [1.807, 2.05) is 18.2 Å². The molecule has 2 heterocycles. The van der Waals surface area contributed by atoms with Crippen molar-refractivity contribution in [3.8, 4) is 0 Å². The molecule has 1 aromatic heterocycles. The molecular formula is C12H15NO4. The second kappa shape index (κ2) is 4.35. The predicted octanol–water partition coefficient (Wildman–Crippen LogP) is -0.353. The maximum Gasteiger partial charge on any atom is 0.187 e. The van der Waals surface area contributed by atoms with E-state index in [1.54, 1.807) is 30.8 Å². The average molecular weight is 237 g/mol. The van der Waals surface area contributed by atoms with Crippen LogP contribution in [-0.4, -0.2) is 17.2 Å². The van der Waals surface area contributed by atoms with E-state index in [1.165, 1.54) is 0 Å². The van der Waals surface area contributed by atoms with Gasteiger partial charge >= 0.3 is 0 Å². The quantitative estimate of drug-likeness (QED) is 0.714. The van der Waals surface area contributed by atoms with Crippen LogP contribution in [0.2, 0.25) is 0 Å². The van der Waals surface area contributed by atoms with Gasteiger partial charge in [-0.1, -0.05) is 6.07 Å². The molecule has 2 rings (SSSR count). The van der Waals surface area contributed by atoms with Crippen LogP contribution in [0.25, 0.3) is 0 Å². The standard InChI is InChI=1S/C12H15NO4/c1-12(2)16-10(14)9(11(15)17-12)8-13-6-4-3-5-7-13/h3-7,10,14H,8H2,1-2H3. The molecule has 1 unspecified atom stereocenters. The van der Waals surface area contributed by atoms with E-state index in [-0.39, 0.29) is 12.1 Å². The lowest BCUT2D eigenvalue weighted by molar-refractivity contribution is -0.691. The van der Waals surface area contributed by atoms with Crippen LogP contribution in [0.3, 0.4) is 0 Å². The molecule has 0 aliphatic carbocycles. The van der Waals surface area contributed by atoms with Crippen molar-refractivity contribution < 1.29 is 24.3 Å². The highest BCUT2D eigenvalue weighted by Crippen LogP contribution is 2.26. The number of aliphatic hydroxyl groups excluding tert-OH is 1. The lowest BCUT2D eigenvalue weighted by atomic mass is 10.2. The highest BCUT2D eigenvalue weighted by molar-refractivity contribution is 5.06. The van der Waals surface area contributed by atoms with E-state index in [0.717, 1.165) is 0 Å². The predicted molar refractivity (Wildman–Crippen MR) is 55.9 cm³/mol. The van der Waals surface area contributed by atoms with Crippen molar-refractivity contribution in [3.05, 3.63) is 42.1 Å². The monoisotopic (exact) mass is 237 g/mol. The molecule has 17 heavy (non-hydrogen) atoms. The molecule has 0 spiro atoms. The van der Waals surface area contributed by atoms with Crippen molar-refractivity contribution in [2.24, 2.45) is 0 Å². The number of hydrogen-bond acceptors (Lipinski definition) is 4. The Morgan fingerprint density at radius 1 is 1.35 bits per heavy atom. The summed E-state index contributed by atoms with van der Waals surface area (Å²) in [5.41, 5.74) is 0.195. The average Bonchev–Trinajstić information content (AvgIpc) is 2.24. The van der Waals surface area contributed by atoms with E-state index in [2.05, 4.69) is 0 Å². The number of ether oxygens (including phenoxy) is 2. The fourth-order valence-electron chi connectivity index (χ4n) is 1.63. The molecule has 1 aliphatic rings. The van der Waals surface area contributed by atoms with Crippen molar-refractivity contribution in [2.75, 3.05) is 0 Å². The first kappa shape index (κ1) is 11.9. The Morgan fingerprint density at radius 3 is 2.59 bits per heavy atom. The third-order valence-electron chi connectivity index (χ3n) is 2.42. The van der Waals surface area contributed by atoms with Crippen molar-refractivity contribution >= 4 is 0 Å². The number of rotatable bonds is 2. The largest absolute Gasteiger partial charge is 0.583 e. The highest BCUT2D eigenvalue weighted by Gasteiger charge is 2.30. The highest BCUT2D eigenvalue weighted by atomic mass is 16.8. The number of nitrogens with zero attached hydrogens (tertiary/aromatic N) is 1. The van der Waals surface area contributed by atoms with E-state index >= 15 is 0 Å². The number of hydrogen-bond donors (Lipinski definition) is 1. The van der Waals surface area contributed by atoms with Crippen LogP contribution in [0.1, 0.15) is 13.8 Å². The Labute approximate surface area is 99.5 Å². The molecule has 0 amide bonds. The van der Waals surface area contributed by atoms with Gasteiger partial charge in [0.15, 0.2) is 25.2 Å². The topological polar surface area (TPSA) is 65.6 Å². The van der Waals surface area contributed by atoms with Gasteiger partial charge in [-0.25, -0.2) is 4.57 Å². The van der Waals surface area contributed by atoms with Gasteiger partial charge in [0.2, 0.25) is 0 Å². The summed E-state index contributed by atoms with van der Waals surface area (Å²) in [5, 5.41) is 21.5. The molecule has 92 valence electrons. The fraction of sp³-hybridized carbons (Fsp3) is 0.417. The summed E-state index contributed by atoms with van der Waals surface area (Å²) in [5.74, 6) is -1.61. The lowest BCUT2D eigenvalue weighted by Gasteiger charge is -2.42. The first-order valence-electron chi connectivity index (χ1n) is 5.37. The van der Waals surface area contributed by atoms with Gasteiger partial charge in [0.05, 0.1) is 11.5 Å². The molecule has 1 atom stereocenters. The number of aromatic nitrogens is 1. The van der Waals surface area contributed by atoms with Gasteiger partial charge in [0.1, 0.15) is 5.79 Å². The fourth-order valence-corrected chi connectivity index (χ4v) is 1.63. The Kier molecular flexibility index (Phi) is 3.04. The van der Waals surface area contributed by atoms with Gasteiger partial charge in [-0.2, -0.15) is 0 Å². The third kappa shape index (κ3) is 2.75. The zero-order valence-electron chi connectivity index (χ0n) is 9.79. The molecule has 0 saturated carbocycles. The first-order chi connectivity index (χ1) is 7.98. The minimum absolute atomic E-state index is 0.195. The van der Waals surface area contributed by atoms with E-state index in [9.17, 15) is 10.2 Å². The minimum atomic E-state index is -1.22. The van der Waals surface area contributed by atoms with Crippen LogP contribution < -0.4 is 9.67 Å². The van der Waals surface area contributed by atoms with E-state index in [4.69, 9.17) is 9.47 Å². The van der Waals surface area contributed by atoms with E-state index in [0.29, 0.717) is 0 Å². The van der Waals surface area contributed by atoms with Gasteiger partial charge in [-0.3, -0.25) is 0 Å². The molecule has 0 aromatic carbocycles. The van der Waals surface area contributed by atoms with Gasteiger partial charge in [0, 0.05) is 12.1 Å².